The summed E-state index contributed by atoms with van der Waals surface area (Å²) in [5, 5.41) is 21.8. The predicted octanol–water partition coefficient (Wildman–Crippen LogP) is 1.85. The Kier molecular flexibility index (Phi) is 6.71. The molecule has 4 N–H and O–H groups in total. The zero-order valence-electron chi connectivity index (χ0n) is 17.0. The first-order valence-electron chi connectivity index (χ1n) is 10.2. The molecule has 0 saturated carbocycles. The maximum Gasteiger partial charge on any atom is 0.358 e. The van der Waals surface area contributed by atoms with E-state index in [2.05, 4.69) is 33.0 Å². The third-order valence-corrected chi connectivity index (χ3v) is 5.05. The van der Waals surface area contributed by atoms with E-state index in [4.69, 9.17) is 9.47 Å². The van der Waals surface area contributed by atoms with E-state index in [0.29, 0.717) is 25.0 Å². The van der Waals surface area contributed by atoms with Crippen LogP contribution in [0.5, 0.6) is 5.75 Å². The lowest BCUT2D eigenvalue weighted by atomic mass is 10.0. The van der Waals surface area contributed by atoms with Crippen LogP contribution in [0.4, 0.5) is 11.4 Å². The average Bonchev–Trinajstić information content (AvgIpc) is 2.75. The van der Waals surface area contributed by atoms with Gasteiger partial charge in [-0.3, -0.25) is 0 Å². The third kappa shape index (κ3) is 5.78. The van der Waals surface area contributed by atoms with Gasteiger partial charge in [0.2, 0.25) is 0 Å². The molecule has 0 amide bonds. The van der Waals surface area contributed by atoms with Crippen LogP contribution in [0.2, 0.25) is 0 Å². The molecule has 1 aromatic heterocycles. The summed E-state index contributed by atoms with van der Waals surface area (Å²) in [6.07, 6.45) is 2.63. The molecule has 8 nitrogen and oxygen atoms in total. The van der Waals surface area contributed by atoms with Crippen LogP contribution in [0.25, 0.3) is 0 Å². The first-order chi connectivity index (χ1) is 15.2. The minimum absolute atomic E-state index is 0.109. The molecule has 0 bridgehead atoms. The van der Waals surface area contributed by atoms with Crippen LogP contribution >= 0.6 is 0 Å². The van der Waals surface area contributed by atoms with E-state index >= 15 is 0 Å². The normalized spacial score (nSPS) is 13.4. The van der Waals surface area contributed by atoms with E-state index in [9.17, 15) is 9.90 Å². The number of aromatic nitrogens is 2. The Hall–Kier alpha value is -3.49. The molecule has 8 heteroatoms. The number of nitrogens with one attached hydrogen (secondary N) is 1. The highest BCUT2D eigenvalue weighted by Crippen LogP contribution is 2.21. The number of ether oxygens (including phenoxy) is 2. The van der Waals surface area contributed by atoms with Crippen molar-refractivity contribution >= 4 is 17.3 Å². The number of rotatable bonds is 10. The predicted molar refractivity (Wildman–Crippen MR) is 115 cm³/mol. The first kappa shape index (κ1) is 20.8. The summed E-state index contributed by atoms with van der Waals surface area (Å²) in [4.78, 5) is 11.2. The second-order valence-electron chi connectivity index (χ2n) is 7.34. The topological polar surface area (TPSA) is 110 Å². The molecular formula is C23H25N4O4+. The Morgan fingerprint density at radius 3 is 2.39 bits per heavy atom. The number of carboxylic acids is 1. The fourth-order valence-corrected chi connectivity index (χ4v) is 3.20. The molecule has 160 valence electrons. The number of carboxylic acid groups (broad SMARTS) is 1. The second kappa shape index (κ2) is 10.0. The van der Waals surface area contributed by atoms with E-state index in [1.54, 1.807) is 6.07 Å². The first-order valence-corrected chi connectivity index (χ1v) is 10.2. The van der Waals surface area contributed by atoms with Gasteiger partial charge in [-0.25, -0.2) is 4.79 Å². The standard InChI is InChI=1S/C23H24N4O4/c28-23(29)22-21(9-10-25-27-22)26-18-5-1-16(2-6-18)13-17-3-7-19(8-4-17)30-11-12-31-20-14-24-15-20/h1-10,20,24H,11-15H2,(H,25,26)(H,28,29)/p+1. The van der Waals surface area contributed by atoms with Gasteiger partial charge < -0.3 is 25.2 Å². The van der Waals surface area contributed by atoms with Crippen molar-refractivity contribution in [1.29, 1.82) is 0 Å². The van der Waals surface area contributed by atoms with Gasteiger partial charge >= 0.3 is 5.97 Å². The van der Waals surface area contributed by atoms with E-state index in [-0.39, 0.29) is 5.69 Å². The van der Waals surface area contributed by atoms with Gasteiger partial charge in [-0.1, -0.05) is 24.3 Å². The van der Waals surface area contributed by atoms with Gasteiger partial charge in [0.25, 0.3) is 0 Å². The lowest BCUT2D eigenvalue weighted by molar-refractivity contribution is -0.724. The second-order valence-corrected chi connectivity index (χ2v) is 7.34. The van der Waals surface area contributed by atoms with Gasteiger partial charge in [0, 0.05) is 5.69 Å². The molecule has 0 unspecified atom stereocenters. The molecule has 4 rings (SSSR count). The number of hydrogen-bond acceptors (Lipinski definition) is 6. The number of quaternary nitrogens is 1. The van der Waals surface area contributed by atoms with Crippen LogP contribution in [-0.4, -0.2) is 53.7 Å². The molecular weight excluding hydrogens is 396 g/mol. The van der Waals surface area contributed by atoms with E-state index in [1.807, 2.05) is 36.4 Å². The Labute approximate surface area is 180 Å². The van der Waals surface area contributed by atoms with Crippen molar-refractivity contribution in [3.05, 3.63) is 77.6 Å². The molecule has 0 atom stereocenters. The van der Waals surface area contributed by atoms with Crippen LogP contribution in [0.15, 0.2) is 60.8 Å². The molecule has 1 saturated heterocycles. The number of anilines is 2. The van der Waals surface area contributed by atoms with Crippen LogP contribution < -0.4 is 15.4 Å². The molecule has 1 fully saturated rings. The Bertz CT molecular complexity index is 1000. The number of aromatic carboxylic acids is 1. The molecule has 1 aliphatic rings. The lowest BCUT2D eigenvalue weighted by Crippen LogP contribution is -2.98. The van der Waals surface area contributed by atoms with Crippen LogP contribution in [0.3, 0.4) is 0 Å². The van der Waals surface area contributed by atoms with Gasteiger partial charge in [-0.15, -0.1) is 5.10 Å². The molecule has 0 aliphatic carbocycles. The lowest BCUT2D eigenvalue weighted by Gasteiger charge is -2.22. The van der Waals surface area contributed by atoms with Crippen LogP contribution in [0, 0.1) is 0 Å². The molecule has 2 heterocycles. The summed E-state index contributed by atoms with van der Waals surface area (Å²) in [6, 6.07) is 17.5. The van der Waals surface area contributed by atoms with Crippen molar-refractivity contribution in [1.82, 2.24) is 10.2 Å². The fraction of sp³-hybridized carbons (Fsp3) is 0.261. The molecule has 3 aromatic rings. The van der Waals surface area contributed by atoms with Gasteiger partial charge in [0.15, 0.2) is 11.8 Å². The summed E-state index contributed by atoms with van der Waals surface area (Å²) in [7, 11) is 0. The van der Waals surface area contributed by atoms with Crippen molar-refractivity contribution in [3.8, 4) is 5.75 Å². The summed E-state index contributed by atoms with van der Waals surface area (Å²) in [6.45, 7) is 3.27. The van der Waals surface area contributed by atoms with Crippen molar-refractivity contribution in [2.24, 2.45) is 0 Å². The van der Waals surface area contributed by atoms with Gasteiger partial charge in [0.05, 0.1) is 18.5 Å². The average molecular weight is 421 g/mol. The Morgan fingerprint density at radius 2 is 1.74 bits per heavy atom. The minimum atomic E-state index is -1.12. The Balaban J connectivity index is 1.28. The monoisotopic (exact) mass is 421 g/mol. The SMILES string of the molecule is O=C(O)c1nnccc1Nc1ccc(Cc2ccc(OCCOC3C[NH2+]C3)cc2)cc1. The van der Waals surface area contributed by atoms with Gasteiger partial charge in [-0.2, -0.15) is 5.10 Å². The smallest absolute Gasteiger partial charge is 0.358 e. The number of carbonyl (C=O) groups is 1. The van der Waals surface area contributed by atoms with Crippen molar-refractivity contribution in [2.45, 2.75) is 12.5 Å². The maximum absolute atomic E-state index is 11.2. The summed E-state index contributed by atoms with van der Waals surface area (Å²) >= 11 is 0. The largest absolute Gasteiger partial charge is 0.491 e. The Morgan fingerprint density at radius 1 is 1.03 bits per heavy atom. The third-order valence-electron chi connectivity index (χ3n) is 5.05. The molecule has 31 heavy (non-hydrogen) atoms. The minimum Gasteiger partial charge on any atom is -0.491 e. The number of benzene rings is 2. The molecule has 1 aliphatic heterocycles. The van der Waals surface area contributed by atoms with Gasteiger partial charge in [-0.05, 0) is 47.9 Å². The number of nitrogens with zero attached hydrogens (tertiary/aromatic N) is 2. The van der Waals surface area contributed by atoms with Crippen LogP contribution in [0.1, 0.15) is 21.6 Å². The number of hydrogen-bond donors (Lipinski definition) is 3. The number of nitrogens with two attached hydrogens (primary N) is 1. The summed E-state index contributed by atoms with van der Waals surface area (Å²) in [5.74, 6) is -0.281. The van der Waals surface area contributed by atoms with Crippen molar-refractivity contribution in [3.63, 3.8) is 0 Å². The van der Waals surface area contributed by atoms with Crippen molar-refractivity contribution in [2.75, 3.05) is 31.6 Å². The fourth-order valence-electron chi connectivity index (χ4n) is 3.20. The molecule has 0 spiro atoms. The highest BCUT2D eigenvalue weighted by atomic mass is 16.5. The van der Waals surface area contributed by atoms with Crippen molar-refractivity contribution < 1.29 is 24.7 Å². The highest BCUT2D eigenvalue weighted by Gasteiger charge is 2.21. The van der Waals surface area contributed by atoms with Crippen LogP contribution in [-0.2, 0) is 11.2 Å². The molecule has 2 aromatic carbocycles. The van der Waals surface area contributed by atoms with E-state index in [0.717, 1.165) is 36.5 Å². The zero-order valence-corrected chi connectivity index (χ0v) is 17.0. The summed E-state index contributed by atoms with van der Waals surface area (Å²) in [5.41, 5.74) is 3.41. The highest BCUT2D eigenvalue weighted by molar-refractivity contribution is 5.92. The van der Waals surface area contributed by atoms with Gasteiger partial charge in [0.1, 0.15) is 25.4 Å². The van der Waals surface area contributed by atoms with E-state index in [1.165, 1.54) is 11.8 Å². The van der Waals surface area contributed by atoms with E-state index < -0.39 is 5.97 Å². The quantitative estimate of drug-likeness (QED) is 0.429. The summed E-state index contributed by atoms with van der Waals surface area (Å²) < 4.78 is 11.4. The maximum atomic E-state index is 11.2. The zero-order chi connectivity index (χ0) is 21.5. The molecule has 0 radical (unpaired) electrons.